The van der Waals surface area contributed by atoms with Gasteiger partial charge >= 0.3 is 6.18 Å². The van der Waals surface area contributed by atoms with E-state index in [1.807, 2.05) is 11.9 Å². The molecule has 0 spiro atoms. The monoisotopic (exact) mass is 461 g/mol. The highest BCUT2D eigenvalue weighted by molar-refractivity contribution is 6.33. The fourth-order valence-corrected chi connectivity index (χ4v) is 4.53. The third-order valence-electron chi connectivity index (χ3n) is 6.06. The van der Waals surface area contributed by atoms with Crippen molar-refractivity contribution in [1.29, 1.82) is 0 Å². The number of carbonyl (C=O) groups is 1. The predicted octanol–water partition coefficient (Wildman–Crippen LogP) is 6.08. The van der Waals surface area contributed by atoms with Crippen molar-refractivity contribution in [1.82, 2.24) is 10.3 Å². The summed E-state index contributed by atoms with van der Waals surface area (Å²) in [6.07, 6.45) is -1.54. The van der Waals surface area contributed by atoms with E-state index in [1.165, 1.54) is 0 Å². The molecule has 0 radical (unpaired) electrons. The highest BCUT2D eigenvalue weighted by Gasteiger charge is 2.34. The van der Waals surface area contributed by atoms with Crippen LogP contribution in [0.25, 0.3) is 10.9 Å². The highest BCUT2D eigenvalue weighted by atomic mass is 35.5. The van der Waals surface area contributed by atoms with Crippen LogP contribution in [0.1, 0.15) is 41.7 Å². The molecule has 0 saturated heterocycles. The molecule has 1 aliphatic rings. The number of amides is 1. The Kier molecular flexibility index (Phi) is 6.29. The lowest BCUT2D eigenvalue weighted by atomic mass is 9.89. The van der Waals surface area contributed by atoms with Crippen molar-refractivity contribution in [3.8, 4) is 0 Å². The molecule has 1 heterocycles. The number of hydrogen-bond acceptors (Lipinski definition) is 3. The summed E-state index contributed by atoms with van der Waals surface area (Å²) in [5.74, 6) is -0.206. The van der Waals surface area contributed by atoms with Crippen molar-refractivity contribution in [2.45, 2.75) is 43.9 Å². The number of aromatic nitrogens is 1. The van der Waals surface area contributed by atoms with E-state index < -0.39 is 11.9 Å². The Bertz CT molecular complexity index is 1130. The molecule has 4 nitrogen and oxygen atoms in total. The van der Waals surface area contributed by atoms with Gasteiger partial charge in [0, 0.05) is 30.2 Å². The van der Waals surface area contributed by atoms with Gasteiger partial charge in [-0.3, -0.25) is 4.79 Å². The van der Waals surface area contributed by atoms with Gasteiger partial charge in [0.25, 0.3) is 5.91 Å². The van der Waals surface area contributed by atoms with Gasteiger partial charge in [0.2, 0.25) is 0 Å². The van der Waals surface area contributed by atoms with Crippen LogP contribution in [0, 0.1) is 0 Å². The number of nitrogens with zero attached hydrogens (tertiary/aromatic N) is 2. The third kappa shape index (κ3) is 4.67. The lowest BCUT2D eigenvalue weighted by Crippen LogP contribution is -2.43. The van der Waals surface area contributed by atoms with E-state index in [9.17, 15) is 18.0 Å². The standard InChI is InChI=1S/C24H23ClF3N3O/c1-31(21-14-22(24(26,27)28)30-20-9-5-3-7-18(20)21)16-12-10-15(11-13-16)29-23(32)17-6-2-4-8-19(17)25/h2-9,14-16H,10-13H2,1H3,(H,29,32)/t15-,16+. The Morgan fingerprint density at radius 2 is 1.72 bits per heavy atom. The Labute approximate surface area is 189 Å². The SMILES string of the molecule is CN(c1cc(C(F)(F)F)nc2ccccc12)[C@H]1CC[C@@H](NC(=O)c2ccccc2Cl)CC1. The fraction of sp³-hybridized carbons (Fsp3) is 0.333. The summed E-state index contributed by atoms with van der Waals surface area (Å²) in [6, 6.07) is 15.0. The zero-order valence-electron chi connectivity index (χ0n) is 17.5. The minimum atomic E-state index is -4.51. The van der Waals surface area contributed by atoms with Crippen molar-refractivity contribution in [3.63, 3.8) is 0 Å². The molecule has 3 aromatic rings. The molecule has 0 aliphatic heterocycles. The van der Waals surface area contributed by atoms with E-state index in [0.29, 0.717) is 27.2 Å². The van der Waals surface area contributed by atoms with Crippen LogP contribution in [0.4, 0.5) is 18.9 Å². The molecule has 2 aromatic carbocycles. The third-order valence-corrected chi connectivity index (χ3v) is 6.39. The second-order valence-electron chi connectivity index (χ2n) is 8.11. The second-order valence-corrected chi connectivity index (χ2v) is 8.52. The molecule has 168 valence electrons. The molecule has 1 fully saturated rings. The Hall–Kier alpha value is -2.80. The Morgan fingerprint density at radius 1 is 1.06 bits per heavy atom. The zero-order chi connectivity index (χ0) is 22.9. The Balaban J connectivity index is 1.48. The van der Waals surface area contributed by atoms with Crippen LogP contribution in [0.5, 0.6) is 0 Å². The van der Waals surface area contributed by atoms with E-state index in [4.69, 9.17) is 11.6 Å². The van der Waals surface area contributed by atoms with Crippen LogP contribution in [0.15, 0.2) is 54.6 Å². The minimum absolute atomic E-state index is 0.00310. The highest BCUT2D eigenvalue weighted by Crippen LogP contribution is 2.36. The number of pyridine rings is 1. The van der Waals surface area contributed by atoms with Gasteiger partial charge in [0.05, 0.1) is 16.1 Å². The summed E-state index contributed by atoms with van der Waals surface area (Å²) < 4.78 is 40.2. The van der Waals surface area contributed by atoms with Gasteiger partial charge in [0.15, 0.2) is 0 Å². The smallest absolute Gasteiger partial charge is 0.371 e. The maximum atomic E-state index is 13.4. The van der Waals surface area contributed by atoms with Gasteiger partial charge in [-0.1, -0.05) is 41.9 Å². The van der Waals surface area contributed by atoms with Crippen LogP contribution < -0.4 is 10.2 Å². The number of benzene rings is 2. The number of fused-ring (bicyclic) bond motifs is 1. The molecule has 32 heavy (non-hydrogen) atoms. The maximum Gasteiger partial charge on any atom is 0.433 e. The Morgan fingerprint density at radius 3 is 2.41 bits per heavy atom. The average molecular weight is 462 g/mol. The van der Waals surface area contributed by atoms with Crippen molar-refractivity contribution in [3.05, 3.63) is 70.9 Å². The van der Waals surface area contributed by atoms with Crippen molar-refractivity contribution >= 4 is 34.1 Å². The largest absolute Gasteiger partial charge is 0.433 e. The predicted molar refractivity (Wildman–Crippen MR) is 120 cm³/mol. The van der Waals surface area contributed by atoms with Gasteiger partial charge in [-0.2, -0.15) is 13.2 Å². The number of nitrogens with one attached hydrogen (secondary N) is 1. The molecule has 1 aromatic heterocycles. The van der Waals surface area contributed by atoms with Crippen molar-refractivity contribution in [2.24, 2.45) is 0 Å². The summed E-state index contributed by atoms with van der Waals surface area (Å²) in [7, 11) is 1.83. The van der Waals surface area contributed by atoms with Crippen LogP contribution in [-0.2, 0) is 6.18 Å². The topological polar surface area (TPSA) is 45.2 Å². The second kappa shape index (κ2) is 8.98. The molecular weight excluding hydrogens is 439 g/mol. The number of alkyl halides is 3. The number of halogens is 4. The summed E-state index contributed by atoms with van der Waals surface area (Å²) >= 11 is 6.11. The first-order valence-electron chi connectivity index (χ1n) is 10.5. The number of carbonyl (C=O) groups excluding carboxylic acids is 1. The summed E-state index contributed by atoms with van der Waals surface area (Å²) in [4.78, 5) is 18.3. The van der Waals surface area contributed by atoms with Gasteiger partial charge < -0.3 is 10.2 Å². The van der Waals surface area contributed by atoms with Crippen LogP contribution in [0.3, 0.4) is 0 Å². The van der Waals surface area contributed by atoms with Gasteiger partial charge in [-0.15, -0.1) is 0 Å². The van der Waals surface area contributed by atoms with E-state index in [1.54, 1.807) is 48.5 Å². The maximum absolute atomic E-state index is 13.4. The van der Waals surface area contributed by atoms with Crippen LogP contribution in [-0.4, -0.2) is 30.0 Å². The van der Waals surface area contributed by atoms with E-state index >= 15 is 0 Å². The molecular formula is C24H23ClF3N3O. The molecule has 0 unspecified atom stereocenters. The number of para-hydroxylation sites is 1. The first-order chi connectivity index (χ1) is 15.2. The summed E-state index contributed by atoms with van der Waals surface area (Å²) in [5, 5.41) is 4.13. The fourth-order valence-electron chi connectivity index (χ4n) is 4.31. The molecule has 8 heteroatoms. The van der Waals surface area contributed by atoms with Crippen LogP contribution in [0.2, 0.25) is 5.02 Å². The van der Waals surface area contributed by atoms with Crippen molar-refractivity contribution in [2.75, 3.05) is 11.9 Å². The molecule has 0 atom stereocenters. The van der Waals surface area contributed by atoms with Crippen LogP contribution >= 0.6 is 11.6 Å². The number of anilines is 1. The molecule has 1 amide bonds. The molecule has 4 rings (SSSR count). The molecule has 1 N–H and O–H groups in total. The summed E-state index contributed by atoms with van der Waals surface area (Å²) in [6.45, 7) is 0. The first-order valence-corrected chi connectivity index (χ1v) is 10.9. The van der Waals surface area contributed by atoms with E-state index in [2.05, 4.69) is 10.3 Å². The van der Waals surface area contributed by atoms with Gasteiger partial charge in [-0.25, -0.2) is 4.98 Å². The lowest BCUT2D eigenvalue weighted by molar-refractivity contribution is -0.140. The molecule has 0 bridgehead atoms. The normalized spacial score (nSPS) is 19.0. The van der Waals surface area contributed by atoms with Crippen molar-refractivity contribution < 1.29 is 18.0 Å². The summed E-state index contributed by atoms with van der Waals surface area (Å²) in [5.41, 5.74) is 0.395. The minimum Gasteiger partial charge on any atom is -0.371 e. The average Bonchev–Trinajstić information content (AvgIpc) is 2.78. The first kappa shape index (κ1) is 22.4. The quantitative estimate of drug-likeness (QED) is 0.511. The van der Waals surface area contributed by atoms with E-state index in [0.717, 1.165) is 31.7 Å². The zero-order valence-corrected chi connectivity index (χ0v) is 18.2. The molecule has 1 saturated carbocycles. The molecule has 1 aliphatic carbocycles. The lowest BCUT2D eigenvalue weighted by Gasteiger charge is -2.37. The number of rotatable bonds is 4. The number of hydrogen-bond donors (Lipinski definition) is 1. The van der Waals surface area contributed by atoms with Gasteiger partial charge in [0.1, 0.15) is 5.69 Å². The van der Waals surface area contributed by atoms with E-state index in [-0.39, 0.29) is 18.0 Å². The van der Waals surface area contributed by atoms with Gasteiger partial charge in [-0.05, 0) is 49.9 Å².